The Balaban J connectivity index is 1.66. The van der Waals surface area contributed by atoms with Crippen molar-refractivity contribution < 1.29 is 19.4 Å². The summed E-state index contributed by atoms with van der Waals surface area (Å²) in [5.41, 5.74) is 3.43. The number of hydrogen-bond acceptors (Lipinski definition) is 6. The molecular formula is C26H24N2O4S. The van der Waals surface area contributed by atoms with Crippen molar-refractivity contribution in [2.75, 3.05) is 4.90 Å². The average molecular weight is 461 g/mol. The summed E-state index contributed by atoms with van der Waals surface area (Å²) in [7, 11) is 0. The van der Waals surface area contributed by atoms with Gasteiger partial charge in [-0.05, 0) is 47.7 Å². The Morgan fingerprint density at radius 3 is 2.61 bits per heavy atom. The second-order valence-corrected chi connectivity index (χ2v) is 9.63. The quantitative estimate of drug-likeness (QED) is 0.328. The summed E-state index contributed by atoms with van der Waals surface area (Å²) in [5.74, 6) is -0.468. The number of rotatable bonds is 4. The molecule has 6 nitrogen and oxygen atoms in total. The zero-order valence-electron chi connectivity index (χ0n) is 18.6. The maximum Gasteiger partial charge on any atom is 0.301 e. The van der Waals surface area contributed by atoms with Crippen LogP contribution in [0.1, 0.15) is 55.0 Å². The van der Waals surface area contributed by atoms with E-state index in [4.69, 9.17) is 4.74 Å². The summed E-state index contributed by atoms with van der Waals surface area (Å²) in [5, 5.41) is 13.5. The molecule has 1 saturated heterocycles. The van der Waals surface area contributed by atoms with Crippen molar-refractivity contribution in [2.45, 2.75) is 45.3 Å². The summed E-state index contributed by atoms with van der Waals surface area (Å²) >= 11 is 1.28. The fraction of sp³-hybridized carbons (Fsp3) is 0.269. The number of ether oxygens (including phenoxy) is 1. The molecule has 0 saturated carbocycles. The van der Waals surface area contributed by atoms with Gasteiger partial charge in [0.2, 0.25) is 0 Å². The first kappa shape index (κ1) is 21.4. The van der Waals surface area contributed by atoms with Gasteiger partial charge in [-0.2, -0.15) is 0 Å². The van der Waals surface area contributed by atoms with E-state index >= 15 is 0 Å². The van der Waals surface area contributed by atoms with Crippen LogP contribution in [-0.4, -0.2) is 27.9 Å². The van der Waals surface area contributed by atoms with Gasteiger partial charge in [-0.25, -0.2) is 4.98 Å². The van der Waals surface area contributed by atoms with Crippen molar-refractivity contribution in [3.63, 3.8) is 0 Å². The Bertz CT molecular complexity index is 1260. The molecule has 2 aliphatic rings. The number of ketones is 1. The Morgan fingerprint density at radius 1 is 1.18 bits per heavy atom. The molecule has 1 aromatic heterocycles. The minimum Gasteiger partial charge on any atom is -0.507 e. The van der Waals surface area contributed by atoms with Gasteiger partial charge in [-0.1, -0.05) is 38.1 Å². The van der Waals surface area contributed by atoms with Gasteiger partial charge in [0, 0.05) is 23.6 Å². The third-order valence-corrected chi connectivity index (χ3v) is 6.93. The highest BCUT2D eigenvalue weighted by Gasteiger charge is 2.48. The number of carbonyl (C=O) groups is 2. The Morgan fingerprint density at radius 2 is 1.94 bits per heavy atom. The predicted octanol–water partition coefficient (Wildman–Crippen LogP) is 5.22. The standard InChI is InChI=1S/C26H24N2O4S/c1-14(2)16-4-6-17(7-5-16)22-21(24(30)25(31)28(22)26-27-10-11-33-26)23(29)18-8-9-20-19(13-18)12-15(3)32-20/h4-11,13-15,22,29H,12H2,1-3H3/b23-21-. The highest BCUT2D eigenvalue weighted by Crippen LogP contribution is 2.43. The lowest BCUT2D eigenvalue weighted by Gasteiger charge is -2.23. The van der Waals surface area contributed by atoms with Gasteiger partial charge in [0.05, 0.1) is 11.6 Å². The number of amides is 1. The smallest absolute Gasteiger partial charge is 0.301 e. The van der Waals surface area contributed by atoms with E-state index in [9.17, 15) is 14.7 Å². The van der Waals surface area contributed by atoms with Crippen LogP contribution in [0, 0.1) is 0 Å². The molecule has 5 rings (SSSR count). The summed E-state index contributed by atoms with van der Waals surface area (Å²) in [6.07, 6.45) is 2.39. The molecule has 3 aromatic rings. The lowest BCUT2D eigenvalue weighted by molar-refractivity contribution is -0.132. The van der Waals surface area contributed by atoms with Crippen LogP contribution in [0.2, 0.25) is 0 Å². The number of anilines is 1. The van der Waals surface area contributed by atoms with Crippen molar-refractivity contribution in [1.82, 2.24) is 4.98 Å². The summed E-state index contributed by atoms with van der Waals surface area (Å²) in [4.78, 5) is 32.0. The number of aliphatic hydroxyl groups is 1. The van der Waals surface area contributed by atoms with Crippen molar-refractivity contribution in [3.05, 3.63) is 81.9 Å². The topological polar surface area (TPSA) is 79.7 Å². The molecule has 1 N–H and O–H groups in total. The van der Waals surface area contributed by atoms with E-state index in [0.717, 1.165) is 28.9 Å². The minimum absolute atomic E-state index is 0.0624. The van der Waals surface area contributed by atoms with Crippen LogP contribution >= 0.6 is 11.3 Å². The third kappa shape index (κ3) is 3.62. The molecule has 33 heavy (non-hydrogen) atoms. The van der Waals surface area contributed by atoms with E-state index in [0.29, 0.717) is 16.6 Å². The SMILES string of the molecule is CC1Cc2cc(/C(O)=C3/C(=O)C(=O)N(c4nccs4)C3c3ccc(C(C)C)cc3)ccc2O1. The number of carbonyl (C=O) groups excluding carboxylic acids is 2. The van der Waals surface area contributed by atoms with Crippen molar-refractivity contribution in [1.29, 1.82) is 0 Å². The van der Waals surface area contributed by atoms with E-state index in [1.54, 1.807) is 23.7 Å². The van der Waals surface area contributed by atoms with E-state index in [2.05, 4.69) is 18.8 Å². The first-order valence-electron chi connectivity index (χ1n) is 11.0. The molecule has 168 valence electrons. The monoisotopic (exact) mass is 460 g/mol. The maximum atomic E-state index is 13.2. The molecule has 2 unspecified atom stereocenters. The first-order valence-corrected chi connectivity index (χ1v) is 11.8. The van der Waals surface area contributed by atoms with E-state index in [1.807, 2.05) is 37.3 Å². The molecule has 0 radical (unpaired) electrons. The lowest BCUT2D eigenvalue weighted by Crippen LogP contribution is -2.29. The molecule has 1 fully saturated rings. The number of nitrogens with zero attached hydrogens (tertiary/aromatic N) is 2. The van der Waals surface area contributed by atoms with Crippen LogP contribution in [-0.2, 0) is 16.0 Å². The highest BCUT2D eigenvalue weighted by molar-refractivity contribution is 7.14. The van der Waals surface area contributed by atoms with E-state index in [1.165, 1.54) is 16.2 Å². The first-order chi connectivity index (χ1) is 15.8. The lowest BCUT2D eigenvalue weighted by atomic mass is 9.93. The second-order valence-electron chi connectivity index (χ2n) is 8.76. The van der Waals surface area contributed by atoms with Crippen LogP contribution in [0.15, 0.2) is 59.6 Å². The highest BCUT2D eigenvalue weighted by atomic mass is 32.1. The van der Waals surface area contributed by atoms with Crippen molar-refractivity contribution in [3.8, 4) is 5.75 Å². The minimum atomic E-state index is -0.763. The molecule has 2 aliphatic heterocycles. The summed E-state index contributed by atoms with van der Waals surface area (Å²) in [6, 6.07) is 12.4. The van der Waals surface area contributed by atoms with Gasteiger partial charge in [-0.3, -0.25) is 14.5 Å². The fourth-order valence-electron chi connectivity index (χ4n) is 4.47. The number of benzene rings is 2. The molecule has 3 heterocycles. The van der Waals surface area contributed by atoms with Gasteiger partial charge in [-0.15, -0.1) is 11.3 Å². The Hall–Kier alpha value is -3.45. The Kier molecular flexibility index (Phi) is 5.29. The summed E-state index contributed by atoms with van der Waals surface area (Å²) < 4.78 is 5.76. The predicted molar refractivity (Wildman–Crippen MR) is 128 cm³/mol. The van der Waals surface area contributed by atoms with Crippen LogP contribution in [0.5, 0.6) is 5.75 Å². The number of aliphatic hydroxyl groups excluding tert-OH is 1. The maximum absolute atomic E-state index is 13.2. The number of thiazole rings is 1. The van der Waals surface area contributed by atoms with Crippen molar-refractivity contribution in [2.24, 2.45) is 0 Å². The zero-order valence-corrected chi connectivity index (χ0v) is 19.4. The largest absolute Gasteiger partial charge is 0.507 e. The molecule has 0 spiro atoms. The number of hydrogen-bond donors (Lipinski definition) is 1. The number of Topliss-reactive ketones (excluding diaryl/α,β-unsaturated/α-hetero) is 1. The molecule has 1 amide bonds. The number of fused-ring (bicyclic) bond motifs is 1. The molecule has 2 aromatic carbocycles. The van der Waals surface area contributed by atoms with Gasteiger partial charge >= 0.3 is 5.91 Å². The fourth-order valence-corrected chi connectivity index (χ4v) is 5.14. The molecule has 7 heteroatoms. The third-order valence-electron chi connectivity index (χ3n) is 6.16. The number of aromatic nitrogens is 1. The van der Waals surface area contributed by atoms with Crippen LogP contribution in [0.3, 0.4) is 0 Å². The molecule has 0 aliphatic carbocycles. The van der Waals surface area contributed by atoms with Gasteiger partial charge in [0.25, 0.3) is 5.78 Å². The normalized spacial score (nSPS) is 21.5. The molecule has 0 bridgehead atoms. The summed E-state index contributed by atoms with van der Waals surface area (Å²) in [6.45, 7) is 6.20. The van der Waals surface area contributed by atoms with Crippen LogP contribution in [0.25, 0.3) is 5.76 Å². The van der Waals surface area contributed by atoms with Gasteiger partial charge < -0.3 is 9.84 Å². The average Bonchev–Trinajstić information content (AvgIpc) is 3.51. The van der Waals surface area contributed by atoms with E-state index in [-0.39, 0.29) is 17.4 Å². The van der Waals surface area contributed by atoms with Crippen LogP contribution < -0.4 is 9.64 Å². The van der Waals surface area contributed by atoms with Crippen molar-refractivity contribution >= 4 is 33.9 Å². The Labute approximate surface area is 196 Å². The van der Waals surface area contributed by atoms with Crippen LogP contribution in [0.4, 0.5) is 5.13 Å². The molecular weight excluding hydrogens is 436 g/mol. The second kappa shape index (κ2) is 8.15. The van der Waals surface area contributed by atoms with Gasteiger partial charge in [0.15, 0.2) is 5.13 Å². The zero-order chi connectivity index (χ0) is 23.3. The van der Waals surface area contributed by atoms with Gasteiger partial charge in [0.1, 0.15) is 17.6 Å². The van der Waals surface area contributed by atoms with E-state index < -0.39 is 17.7 Å². The molecule has 2 atom stereocenters.